The molecule has 5 nitrogen and oxygen atoms in total. The maximum atomic E-state index is 12.2. The van der Waals surface area contributed by atoms with E-state index in [0.717, 1.165) is 37.1 Å². The van der Waals surface area contributed by atoms with Gasteiger partial charge in [-0.3, -0.25) is 9.59 Å². The zero-order valence-corrected chi connectivity index (χ0v) is 15.6. The van der Waals surface area contributed by atoms with Crippen LogP contribution in [0.25, 0.3) is 0 Å². The van der Waals surface area contributed by atoms with Crippen molar-refractivity contribution >= 4 is 17.5 Å². The van der Waals surface area contributed by atoms with E-state index >= 15 is 0 Å². The Labute approximate surface area is 150 Å². The Morgan fingerprint density at radius 2 is 1.80 bits per heavy atom. The molecule has 1 aromatic carbocycles. The second kappa shape index (κ2) is 9.44. The molecule has 0 aromatic heterocycles. The third-order valence-corrected chi connectivity index (χ3v) is 4.51. The molecule has 1 saturated carbocycles. The smallest absolute Gasteiger partial charge is 0.223 e. The van der Waals surface area contributed by atoms with Gasteiger partial charge >= 0.3 is 0 Å². The van der Waals surface area contributed by atoms with Crippen molar-refractivity contribution in [2.24, 2.45) is 5.92 Å². The van der Waals surface area contributed by atoms with Crippen LogP contribution in [0.2, 0.25) is 0 Å². The predicted octanol–water partition coefficient (Wildman–Crippen LogP) is 3.52. The molecule has 1 aromatic rings. The van der Waals surface area contributed by atoms with Crippen molar-refractivity contribution in [3.8, 4) is 5.75 Å². The summed E-state index contributed by atoms with van der Waals surface area (Å²) in [5.74, 6) is 1.02. The van der Waals surface area contributed by atoms with Gasteiger partial charge in [-0.15, -0.1) is 0 Å². The number of hydrogen-bond donors (Lipinski definition) is 1. The van der Waals surface area contributed by atoms with E-state index in [1.807, 2.05) is 38.1 Å². The minimum absolute atomic E-state index is 0.0376. The van der Waals surface area contributed by atoms with E-state index in [0.29, 0.717) is 13.1 Å². The quantitative estimate of drug-likeness (QED) is 0.822. The van der Waals surface area contributed by atoms with Crippen molar-refractivity contribution in [1.82, 2.24) is 5.32 Å². The molecule has 5 heteroatoms. The van der Waals surface area contributed by atoms with Crippen LogP contribution in [0, 0.1) is 5.92 Å². The molecular formula is C20H30N2O3. The first-order chi connectivity index (χ1) is 12.0. The summed E-state index contributed by atoms with van der Waals surface area (Å²) in [4.78, 5) is 25.8. The van der Waals surface area contributed by atoms with Crippen molar-refractivity contribution in [2.75, 3.05) is 18.0 Å². The number of carbonyl (C=O) groups is 2. The highest BCUT2D eigenvalue weighted by Gasteiger charge is 2.21. The number of nitrogens with one attached hydrogen (secondary N) is 1. The monoisotopic (exact) mass is 346 g/mol. The second-order valence-corrected chi connectivity index (χ2v) is 6.96. The van der Waals surface area contributed by atoms with Gasteiger partial charge in [-0.2, -0.15) is 0 Å². The van der Waals surface area contributed by atoms with E-state index < -0.39 is 0 Å². The zero-order valence-electron chi connectivity index (χ0n) is 15.6. The molecule has 0 saturated heterocycles. The van der Waals surface area contributed by atoms with Crippen LogP contribution in [0.5, 0.6) is 5.75 Å². The van der Waals surface area contributed by atoms with Gasteiger partial charge in [0.2, 0.25) is 11.8 Å². The van der Waals surface area contributed by atoms with Gasteiger partial charge < -0.3 is 15.0 Å². The van der Waals surface area contributed by atoms with Crippen LogP contribution in [-0.4, -0.2) is 31.0 Å². The Hall–Kier alpha value is -2.04. The van der Waals surface area contributed by atoms with Crippen LogP contribution in [0.1, 0.15) is 52.9 Å². The van der Waals surface area contributed by atoms with E-state index in [-0.39, 0.29) is 23.8 Å². The van der Waals surface area contributed by atoms with Crippen LogP contribution < -0.4 is 15.0 Å². The Morgan fingerprint density at radius 3 is 2.36 bits per heavy atom. The largest absolute Gasteiger partial charge is 0.491 e. The summed E-state index contributed by atoms with van der Waals surface area (Å²) >= 11 is 0. The fourth-order valence-electron chi connectivity index (χ4n) is 3.25. The Balaban J connectivity index is 1.87. The Morgan fingerprint density at radius 1 is 1.16 bits per heavy atom. The minimum atomic E-state index is -0.0376. The number of ether oxygens (including phenoxy) is 1. The summed E-state index contributed by atoms with van der Waals surface area (Å²) in [6.07, 6.45) is 5.60. The second-order valence-electron chi connectivity index (χ2n) is 6.96. The molecule has 138 valence electrons. The van der Waals surface area contributed by atoms with Crippen LogP contribution in [0.15, 0.2) is 24.3 Å². The lowest BCUT2D eigenvalue weighted by Gasteiger charge is -2.24. The Bertz CT molecular complexity index is 563. The number of anilines is 1. The molecule has 0 aliphatic heterocycles. The molecule has 2 rings (SSSR count). The van der Waals surface area contributed by atoms with Gasteiger partial charge in [-0.05, 0) is 51.0 Å². The van der Waals surface area contributed by atoms with E-state index in [1.165, 1.54) is 6.42 Å². The SMILES string of the molecule is CC(=O)N(CCNC(=O)C1CCCCC1)c1ccc(OC(C)C)cc1. The van der Waals surface area contributed by atoms with Crippen molar-refractivity contribution in [1.29, 1.82) is 0 Å². The van der Waals surface area contributed by atoms with Gasteiger partial charge in [0.05, 0.1) is 6.10 Å². The molecular weight excluding hydrogens is 316 g/mol. The number of nitrogens with zero attached hydrogens (tertiary/aromatic N) is 1. The number of amides is 2. The highest BCUT2D eigenvalue weighted by Crippen LogP contribution is 2.24. The average Bonchev–Trinajstić information content (AvgIpc) is 2.59. The molecule has 0 radical (unpaired) electrons. The van der Waals surface area contributed by atoms with E-state index in [9.17, 15) is 9.59 Å². The average molecular weight is 346 g/mol. The first kappa shape index (κ1) is 19.3. The first-order valence-electron chi connectivity index (χ1n) is 9.30. The van der Waals surface area contributed by atoms with E-state index in [1.54, 1.807) is 11.8 Å². The molecule has 0 unspecified atom stereocenters. The topological polar surface area (TPSA) is 58.6 Å². The lowest BCUT2D eigenvalue weighted by molar-refractivity contribution is -0.126. The van der Waals surface area contributed by atoms with Gasteiger partial charge in [0.15, 0.2) is 0 Å². The Kier molecular flexibility index (Phi) is 7.29. The molecule has 0 atom stereocenters. The van der Waals surface area contributed by atoms with Crippen molar-refractivity contribution in [2.45, 2.75) is 59.0 Å². The van der Waals surface area contributed by atoms with Crippen LogP contribution in [0.4, 0.5) is 5.69 Å². The van der Waals surface area contributed by atoms with Gasteiger partial charge in [0.1, 0.15) is 5.75 Å². The van der Waals surface area contributed by atoms with Crippen LogP contribution in [0.3, 0.4) is 0 Å². The van der Waals surface area contributed by atoms with Gasteiger partial charge in [-0.1, -0.05) is 19.3 Å². The zero-order chi connectivity index (χ0) is 18.2. The maximum absolute atomic E-state index is 12.2. The molecule has 0 spiro atoms. The first-order valence-corrected chi connectivity index (χ1v) is 9.30. The third kappa shape index (κ3) is 6.07. The number of hydrogen-bond acceptors (Lipinski definition) is 3. The van der Waals surface area contributed by atoms with Gasteiger partial charge in [0, 0.05) is 31.6 Å². The summed E-state index contributed by atoms with van der Waals surface area (Å²) in [6.45, 7) is 6.44. The lowest BCUT2D eigenvalue weighted by atomic mass is 9.89. The maximum Gasteiger partial charge on any atom is 0.223 e. The fraction of sp³-hybridized carbons (Fsp3) is 0.600. The molecule has 0 heterocycles. The predicted molar refractivity (Wildman–Crippen MR) is 99.8 cm³/mol. The number of carbonyl (C=O) groups excluding carboxylic acids is 2. The standard InChI is InChI=1S/C20H30N2O3/c1-15(2)25-19-11-9-18(10-12-19)22(16(3)23)14-13-21-20(24)17-7-5-4-6-8-17/h9-12,15,17H,4-8,13-14H2,1-3H3,(H,21,24). The summed E-state index contributed by atoms with van der Waals surface area (Å²) in [6, 6.07) is 7.49. The molecule has 1 N–H and O–H groups in total. The van der Waals surface area contributed by atoms with E-state index in [2.05, 4.69) is 5.32 Å². The molecule has 1 aliphatic carbocycles. The molecule has 25 heavy (non-hydrogen) atoms. The van der Waals surface area contributed by atoms with Gasteiger partial charge in [-0.25, -0.2) is 0 Å². The van der Waals surface area contributed by atoms with Crippen molar-refractivity contribution < 1.29 is 14.3 Å². The lowest BCUT2D eigenvalue weighted by Crippen LogP contribution is -2.40. The van der Waals surface area contributed by atoms with Crippen molar-refractivity contribution in [3.05, 3.63) is 24.3 Å². The van der Waals surface area contributed by atoms with Crippen LogP contribution >= 0.6 is 0 Å². The van der Waals surface area contributed by atoms with Crippen molar-refractivity contribution in [3.63, 3.8) is 0 Å². The minimum Gasteiger partial charge on any atom is -0.491 e. The molecule has 1 fully saturated rings. The van der Waals surface area contributed by atoms with Crippen LogP contribution in [-0.2, 0) is 9.59 Å². The summed E-state index contributed by atoms with van der Waals surface area (Å²) in [7, 11) is 0. The van der Waals surface area contributed by atoms with Gasteiger partial charge in [0.25, 0.3) is 0 Å². The summed E-state index contributed by atoms with van der Waals surface area (Å²) in [5.41, 5.74) is 0.815. The summed E-state index contributed by atoms with van der Waals surface area (Å²) < 4.78 is 5.63. The normalized spacial score (nSPS) is 15.0. The molecule has 2 amide bonds. The highest BCUT2D eigenvalue weighted by molar-refractivity contribution is 5.91. The number of rotatable bonds is 7. The molecule has 1 aliphatic rings. The third-order valence-electron chi connectivity index (χ3n) is 4.51. The highest BCUT2D eigenvalue weighted by atomic mass is 16.5. The number of benzene rings is 1. The molecule has 0 bridgehead atoms. The summed E-state index contributed by atoms with van der Waals surface area (Å²) in [5, 5.41) is 2.99. The fourth-order valence-corrected chi connectivity index (χ4v) is 3.25. The van der Waals surface area contributed by atoms with E-state index in [4.69, 9.17) is 4.74 Å².